The van der Waals surface area contributed by atoms with E-state index in [4.69, 9.17) is 0 Å². The topological polar surface area (TPSA) is 127 Å². The van der Waals surface area contributed by atoms with Gasteiger partial charge in [-0.1, -0.05) is 107 Å². The molecule has 0 saturated heterocycles. The molecule has 2 aromatic carbocycles. The molecule has 232 valence electrons. The summed E-state index contributed by atoms with van der Waals surface area (Å²) in [5.74, 6) is -0.795. The van der Waals surface area contributed by atoms with Crippen LogP contribution in [-0.4, -0.2) is 56.3 Å². The lowest BCUT2D eigenvalue weighted by molar-refractivity contribution is -0.132. The highest BCUT2D eigenvalue weighted by Crippen LogP contribution is 2.29. The van der Waals surface area contributed by atoms with Gasteiger partial charge in [0.05, 0.1) is 24.2 Å². The normalized spacial score (nSPS) is 16.9. The predicted molar refractivity (Wildman–Crippen MR) is 168 cm³/mol. The average Bonchev–Trinajstić information content (AvgIpc) is 3.54. The number of hydrogen-bond donors (Lipinski definition) is 5. The molecular weight excluding hydrogens is 540 g/mol. The van der Waals surface area contributed by atoms with Crippen LogP contribution >= 0.6 is 0 Å². The van der Waals surface area contributed by atoms with Crippen LogP contribution in [0.4, 0.5) is 0 Å². The van der Waals surface area contributed by atoms with Gasteiger partial charge in [-0.15, -0.1) is 0 Å². The highest BCUT2D eigenvalue weighted by Gasteiger charge is 2.34. The first-order valence-corrected chi connectivity index (χ1v) is 15.8. The summed E-state index contributed by atoms with van der Waals surface area (Å²) < 4.78 is 0. The van der Waals surface area contributed by atoms with E-state index in [1.165, 1.54) is 6.42 Å². The number of aliphatic hydroxyl groups is 2. The van der Waals surface area contributed by atoms with Crippen molar-refractivity contribution in [3.05, 3.63) is 90.0 Å². The van der Waals surface area contributed by atoms with Gasteiger partial charge in [0.15, 0.2) is 0 Å². The Bertz CT molecular complexity index is 1190. The van der Waals surface area contributed by atoms with E-state index in [9.17, 15) is 19.8 Å². The Labute approximate surface area is 255 Å². The van der Waals surface area contributed by atoms with Gasteiger partial charge in [0.2, 0.25) is 11.8 Å². The number of rotatable bonds is 15. The van der Waals surface area contributed by atoms with Crippen molar-refractivity contribution >= 4 is 11.8 Å². The first-order chi connectivity index (χ1) is 20.8. The van der Waals surface area contributed by atoms with Crippen molar-refractivity contribution in [3.8, 4) is 0 Å². The largest absolute Gasteiger partial charge is 0.390 e. The van der Waals surface area contributed by atoms with E-state index in [1.807, 2.05) is 74.5 Å². The number of aliphatic hydroxyl groups excluding tert-OH is 2. The van der Waals surface area contributed by atoms with Crippen molar-refractivity contribution in [2.24, 2.45) is 17.8 Å². The number of aromatic nitrogens is 2. The number of benzene rings is 2. The van der Waals surface area contributed by atoms with E-state index < -0.39 is 30.2 Å². The zero-order valence-electron chi connectivity index (χ0n) is 25.5. The van der Waals surface area contributed by atoms with E-state index in [2.05, 4.69) is 20.6 Å². The molecule has 3 aromatic rings. The van der Waals surface area contributed by atoms with Crippen molar-refractivity contribution in [1.29, 1.82) is 0 Å². The Morgan fingerprint density at radius 1 is 0.837 bits per heavy atom. The Balaban J connectivity index is 1.54. The lowest BCUT2D eigenvalue weighted by Gasteiger charge is -2.34. The third kappa shape index (κ3) is 10.0. The molecule has 0 unspecified atom stereocenters. The molecule has 2 amide bonds. The maximum absolute atomic E-state index is 13.9. The summed E-state index contributed by atoms with van der Waals surface area (Å²) in [5.41, 5.74) is 2.74. The van der Waals surface area contributed by atoms with E-state index in [0.29, 0.717) is 30.9 Å². The monoisotopic (exact) mass is 588 g/mol. The molecule has 1 aliphatic rings. The van der Waals surface area contributed by atoms with Gasteiger partial charge < -0.3 is 25.8 Å². The molecule has 0 aliphatic heterocycles. The quantitative estimate of drug-likeness (QED) is 0.180. The summed E-state index contributed by atoms with van der Waals surface area (Å²) in [5, 5.41) is 28.1. The molecule has 1 heterocycles. The Morgan fingerprint density at radius 3 is 1.98 bits per heavy atom. The van der Waals surface area contributed by atoms with E-state index in [1.54, 1.807) is 12.5 Å². The molecule has 0 bridgehead atoms. The minimum absolute atomic E-state index is 0.169. The smallest absolute Gasteiger partial charge is 0.243 e. The summed E-state index contributed by atoms with van der Waals surface area (Å²) in [6.45, 7) is 3.71. The number of imidazole rings is 1. The number of carbonyl (C=O) groups excluding carboxylic acids is 2. The Hall–Kier alpha value is -3.49. The minimum Gasteiger partial charge on any atom is -0.390 e. The van der Waals surface area contributed by atoms with Gasteiger partial charge in [0, 0.05) is 18.5 Å². The van der Waals surface area contributed by atoms with E-state index >= 15 is 0 Å². The molecule has 5 N–H and O–H groups in total. The molecule has 1 saturated carbocycles. The zero-order valence-corrected chi connectivity index (χ0v) is 25.5. The SMILES string of the molecule is CC(C)[C@H](O)[C@H](O)[C@H](CC1CCCCC1)NC(=O)[C@H](Cc1c[nH]cn1)NC(=O)C(Cc1ccccc1)Cc1ccccc1. The van der Waals surface area contributed by atoms with Crippen molar-refractivity contribution in [2.75, 3.05) is 0 Å². The third-order valence-electron chi connectivity index (χ3n) is 8.71. The molecule has 4 atom stereocenters. The fourth-order valence-corrected chi connectivity index (χ4v) is 6.15. The number of nitrogens with zero attached hydrogens (tertiary/aromatic N) is 1. The maximum Gasteiger partial charge on any atom is 0.243 e. The van der Waals surface area contributed by atoms with Crippen LogP contribution in [0.3, 0.4) is 0 Å². The predicted octanol–water partition coefficient (Wildman–Crippen LogP) is 4.37. The molecular formula is C35H48N4O4. The Kier molecular flexibility index (Phi) is 12.4. The maximum atomic E-state index is 13.9. The van der Waals surface area contributed by atoms with Crippen LogP contribution < -0.4 is 10.6 Å². The summed E-state index contributed by atoms with van der Waals surface area (Å²) in [6, 6.07) is 18.3. The van der Waals surface area contributed by atoms with Crippen molar-refractivity contribution < 1.29 is 19.8 Å². The van der Waals surface area contributed by atoms with Crippen LogP contribution in [0, 0.1) is 17.8 Å². The summed E-state index contributed by atoms with van der Waals surface area (Å²) in [6.07, 6.45) is 8.59. The number of amides is 2. The third-order valence-corrected chi connectivity index (χ3v) is 8.71. The molecule has 8 heteroatoms. The molecule has 1 aliphatic carbocycles. The number of carbonyl (C=O) groups is 2. The van der Waals surface area contributed by atoms with Gasteiger partial charge in [-0.3, -0.25) is 9.59 Å². The summed E-state index contributed by atoms with van der Waals surface area (Å²) in [4.78, 5) is 35.1. The molecule has 0 spiro atoms. The standard InChI is InChI=1S/C35H48N4O4/c1-24(2)32(40)33(41)30(20-27-16-10-5-11-17-27)38-35(43)31(21-29-22-36-23-37-29)39-34(42)28(18-25-12-6-3-7-13-25)19-26-14-8-4-9-15-26/h3-4,6-9,12-15,22-24,27-28,30-33,40-41H,5,10-11,16-21H2,1-2H3,(H,36,37)(H,38,43)(H,39,42)/t30-,31-,32-,33+/m0/s1. The van der Waals surface area contributed by atoms with Crippen LogP contribution in [-0.2, 0) is 28.9 Å². The molecule has 8 nitrogen and oxygen atoms in total. The summed E-state index contributed by atoms with van der Waals surface area (Å²) in [7, 11) is 0. The minimum atomic E-state index is -1.11. The number of H-pyrrole nitrogens is 1. The van der Waals surface area contributed by atoms with Crippen LogP contribution in [0.25, 0.3) is 0 Å². The van der Waals surface area contributed by atoms with Gasteiger partial charge in [-0.2, -0.15) is 0 Å². The molecule has 1 fully saturated rings. The van der Waals surface area contributed by atoms with Crippen molar-refractivity contribution in [2.45, 2.75) is 95.9 Å². The lowest BCUT2D eigenvalue weighted by Crippen LogP contribution is -2.57. The van der Waals surface area contributed by atoms with Gasteiger partial charge in [-0.25, -0.2) is 4.98 Å². The molecule has 43 heavy (non-hydrogen) atoms. The average molecular weight is 589 g/mol. The van der Waals surface area contributed by atoms with E-state index in [-0.39, 0.29) is 24.2 Å². The summed E-state index contributed by atoms with van der Waals surface area (Å²) >= 11 is 0. The number of hydrogen-bond acceptors (Lipinski definition) is 5. The van der Waals surface area contributed by atoms with Gasteiger partial charge >= 0.3 is 0 Å². The fourth-order valence-electron chi connectivity index (χ4n) is 6.15. The highest BCUT2D eigenvalue weighted by molar-refractivity contribution is 5.89. The molecule has 1 aromatic heterocycles. The van der Waals surface area contributed by atoms with Crippen LogP contribution in [0.15, 0.2) is 73.2 Å². The second kappa shape index (κ2) is 16.4. The van der Waals surface area contributed by atoms with Crippen LogP contribution in [0.2, 0.25) is 0 Å². The molecule has 0 radical (unpaired) electrons. The lowest BCUT2D eigenvalue weighted by atomic mass is 9.82. The van der Waals surface area contributed by atoms with Crippen molar-refractivity contribution in [1.82, 2.24) is 20.6 Å². The van der Waals surface area contributed by atoms with Crippen molar-refractivity contribution in [3.63, 3.8) is 0 Å². The first-order valence-electron chi connectivity index (χ1n) is 15.8. The van der Waals surface area contributed by atoms with Gasteiger partial charge in [-0.05, 0) is 42.2 Å². The fraction of sp³-hybridized carbons (Fsp3) is 0.514. The highest BCUT2D eigenvalue weighted by atomic mass is 16.3. The van der Waals surface area contributed by atoms with Gasteiger partial charge in [0.25, 0.3) is 0 Å². The molecule has 4 rings (SSSR count). The zero-order chi connectivity index (χ0) is 30.6. The van der Waals surface area contributed by atoms with Crippen LogP contribution in [0.1, 0.15) is 69.2 Å². The Morgan fingerprint density at radius 2 is 1.44 bits per heavy atom. The second-order valence-electron chi connectivity index (χ2n) is 12.5. The van der Waals surface area contributed by atoms with E-state index in [0.717, 1.165) is 36.8 Å². The van der Waals surface area contributed by atoms with Gasteiger partial charge in [0.1, 0.15) is 12.1 Å². The van der Waals surface area contributed by atoms with Crippen LogP contribution in [0.5, 0.6) is 0 Å². The second-order valence-corrected chi connectivity index (χ2v) is 12.5. The number of nitrogens with one attached hydrogen (secondary N) is 3. The number of aromatic amines is 1. The first kappa shape index (κ1) is 32.4.